The monoisotopic (exact) mass is 382 g/mol. The molecule has 0 aromatic carbocycles. The lowest BCUT2D eigenvalue weighted by atomic mass is 10.6. The summed E-state index contributed by atoms with van der Waals surface area (Å²) in [6, 6.07) is 0. The van der Waals surface area contributed by atoms with Gasteiger partial charge in [0, 0.05) is 0 Å². The van der Waals surface area contributed by atoms with Crippen molar-refractivity contribution < 1.29 is 57.8 Å². The zero-order valence-electron chi connectivity index (χ0n) is 14.0. The molecule has 2 N–H and O–H groups in total. The maximum absolute atomic E-state index is 11.1. The van der Waals surface area contributed by atoms with E-state index in [4.69, 9.17) is 29.2 Å². The minimum Gasteiger partial charge on any atom is -0.480 e. The summed E-state index contributed by atoms with van der Waals surface area (Å²) >= 11 is 0. The molecular weight excluding hydrogens is 360 g/mol. The van der Waals surface area contributed by atoms with Crippen LogP contribution in [0.5, 0.6) is 0 Å². The minimum atomic E-state index is -1.18. The largest absolute Gasteiger partial charge is 0.480 e. The van der Waals surface area contributed by atoms with E-state index in [2.05, 4.69) is 9.47 Å². The lowest BCUT2D eigenvalue weighted by Gasteiger charge is -2.08. The molecule has 0 rings (SSSR count). The summed E-state index contributed by atoms with van der Waals surface area (Å²) in [6.07, 6.45) is 0. The molecule has 12 nitrogen and oxygen atoms in total. The van der Waals surface area contributed by atoms with Crippen molar-refractivity contribution in [3.05, 3.63) is 0 Å². The molecule has 0 aromatic heterocycles. The van der Waals surface area contributed by atoms with Crippen LogP contribution >= 0.6 is 0 Å². The molecule has 0 heterocycles. The molecule has 0 unspecified atom stereocenters. The summed E-state index contributed by atoms with van der Waals surface area (Å²) in [6.45, 7) is -1.36. The van der Waals surface area contributed by atoms with E-state index in [0.29, 0.717) is 0 Å². The van der Waals surface area contributed by atoms with E-state index in [1.165, 1.54) is 0 Å². The van der Waals surface area contributed by atoms with Crippen LogP contribution in [0.25, 0.3) is 0 Å². The van der Waals surface area contributed by atoms with Crippen LogP contribution in [-0.2, 0) is 47.6 Å². The van der Waals surface area contributed by atoms with Crippen molar-refractivity contribution in [1.29, 1.82) is 0 Å². The van der Waals surface area contributed by atoms with Gasteiger partial charge in [-0.25, -0.2) is 19.2 Å². The Kier molecular flexibility index (Phi) is 14.8. The SMILES string of the molecule is O=C(O)COCC(=O)OCCOCCOCCOC(=O)COCC(=O)O. The lowest BCUT2D eigenvalue weighted by Crippen LogP contribution is -2.20. The summed E-state index contributed by atoms with van der Waals surface area (Å²) in [5, 5.41) is 16.6. The average Bonchev–Trinajstić information content (AvgIpc) is 2.55. The molecule has 150 valence electrons. The topological polar surface area (TPSA) is 164 Å². The highest BCUT2D eigenvalue weighted by Crippen LogP contribution is 1.86. The Morgan fingerprint density at radius 1 is 0.500 bits per heavy atom. The predicted molar refractivity (Wildman–Crippen MR) is 80.5 cm³/mol. The van der Waals surface area contributed by atoms with Crippen LogP contribution in [0.3, 0.4) is 0 Å². The molecule has 0 radical (unpaired) electrons. The fraction of sp³-hybridized carbons (Fsp3) is 0.714. The number of carboxylic acid groups (broad SMARTS) is 2. The van der Waals surface area contributed by atoms with Crippen molar-refractivity contribution in [2.45, 2.75) is 0 Å². The molecule has 0 aromatic rings. The van der Waals surface area contributed by atoms with Gasteiger partial charge in [0.2, 0.25) is 0 Å². The molecule has 0 spiro atoms. The van der Waals surface area contributed by atoms with Gasteiger partial charge >= 0.3 is 23.9 Å². The van der Waals surface area contributed by atoms with E-state index in [1.54, 1.807) is 0 Å². The van der Waals surface area contributed by atoms with E-state index >= 15 is 0 Å². The minimum absolute atomic E-state index is 0.0107. The molecule has 26 heavy (non-hydrogen) atoms. The van der Waals surface area contributed by atoms with Gasteiger partial charge in [0.15, 0.2) is 0 Å². The average molecular weight is 382 g/mol. The van der Waals surface area contributed by atoms with Gasteiger partial charge in [-0.1, -0.05) is 0 Å². The van der Waals surface area contributed by atoms with Crippen molar-refractivity contribution >= 4 is 23.9 Å². The fourth-order valence-electron chi connectivity index (χ4n) is 1.28. The Balaban J connectivity index is 3.28. The first-order valence-electron chi connectivity index (χ1n) is 7.47. The van der Waals surface area contributed by atoms with Crippen molar-refractivity contribution in [3.63, 3.8) is 0 Å². The van der Waals surface area contributed by atoms with Gasteiger partial charge in [-0.3, -0.25) is 0 Å². The van der Waals surface area contributed by atoms with Crippen LogP contribution in [0.2, 0.25) is 0 Å². The van der Waals surface area contributed by atoms with Gasteiger partial charge in [0.25, 0.3) is 0 Å². The van der Waals surface area contributed by atoms with Crippen LogP contribution in [0, 0.1) is 0 Å². The molecule has 0 aliphatic rings. The second-order valence-corrected chi connectivity index (χ2v) is 4.44. The molecule has 0 bridgehead atoms. The standard InChI is InChI=1S/C14H22O12/c15-11(16)7-23-9-13(19)25-5-3-21-1-2-22-4-6-26-14(20)10-24-8-12(17)18/h1-10H2,(H,15,16)(H,17,18). The van der Waals surface area contributed by atoms with Gasteiger partial charge in [-0.05, 0) is 0 Å². The van der Waals surface area contributed by atoms with Crippen LogP contribution in [-0.4, -0.2) is 100 Å². The first kappa shape index (κ1) is 23.7. The maximum atomic E-state index is 11.1. The van der Waals surface area contributed by atoms with E-state index in [9.17, 15) is 19.2 Å². The van der Waals surface area contributed by atoms with Gasteiger partial charge in [0.1, 0.15) is 39.6 Å². The Morgan fingerprint density at radius 2 is 0.846 bits per heavy atom. The zero-order valence-corrected chi connectivity index (χ0v) is 14.0. The van der Waals surface area contributed by atoms with E-state index in [1.807, 2.05) is 0 Å². The van der Waals surface area contributed by atoms with E-state index < -0.39 is 50.3 Å². The number of hydrogen-bond acceptors (Lipinski definition) is 10. The van der Waals surface area contributed by atoms with Gasteiger partial charge in [-0.15, -0.1) is 0 Å². The number of carbonyl (C=O) groups excluding carboxylic acids is 2. The number of rotatable bonds is 17. The highest BCUT2D eigenvalue weighted by Gasteiger charge is 2.06. The molecule has 0 fully saturated rings. The van der Waals surface area contributed by atoms with Crippen molar-refractivity contribution in [3.8, 4) is 0 Å². The van der Waals surface area contributed by atoms with Crippen LogP contribution in [0.15, 0.2) is 0 Å². The number of aliphatic carboxylic acids is 2. The third-order valence-corrected chi connectivity index (χ3v) is 2.24. The Labute approximate surface area is 148 Å². The first-order chi connectivity index (χ1) is 12.4. The maximum Gasteiger partial charge on any atom is 0.332 e. The number of ether oxygens (including phenoxy) is 6. The van der Waals surface area contributed by atoms with Crippen molar-refractivity contribution in [2.75, 3.05) is 66.1 Å². The highest BCUT2D eigenvalue weighted by molar-refractivity contribution is 5.72. The predicted octanol–water partition coefficient (Wildman–Crippen LogP) is -1.69. The van der Waals surface area contributed by atoms with Gasteiger partial charge in [0.05, 0.1) is 26.4 Å². The van der Waals surface area contributed by atoms with Crippen LogP contribution in [0.4, 0.5) is 0 Å². The number of hydrogen-bond donors (Lipinski definition) is 2. The second-order valence-electron chi connectivity index (χ2n) is 4.44. The third-order valence-electron chi connectivity index (χ3n) is 2.24. The quantitative estimate of drug-likeness (QED) is 0.217. The Hall–Kier alpha value is -2.28. The molecular formula is C14H22O12. The van der Waals surface area contributed by atoms with Crippen LogP contribution < -0.4 is 0 Å². The Morgan fingerprint density at radius 3 is 1.19 bits per heavy atom. The fourth-order valence-corrected chi connectivity index (χ4v) is 1.28. The zero-order chi connectivity index (χ0) is 19.6. The number of carboxylic acids is 2. The molecule has 0 saturated carbocycles. The molecule has 0 saturated heterocycles. The van der Waals surface area contributed by atoms with Crippen LogP contribution in [0.1, 0.15) is 0 Å². The van der Waals surface area contributed by atoms with Gasteiger partial charge < -0.3 is 38.6 Å². The number of carbonyl (C=O) groups is 4. The highest BCUT2D eigenvalue weighted by atomic mass is 16.6. The van der Waals surface area contributed by atoms with E-state index in [0.717, 1.165) is 0 Å². The van der Waals surface area contributed by atoms with Gasteiger partial charge in [-0.2, -0.15) is 0 Å². The van der Waals surface area contributed by atoms with Crippen molar-refractivity contribution in [2.24, 2.45) is 0 Å². The molecule has 0 aliphatic heterocycles. The summed E-state index contributed by atoms with van der Waals surface area (Å²) < 4.78 is 28.7. The second kappa shape index (κ2) is 16.2. The lowest BCUT2D eigenvalue weighted by molar-refractivity contribution is -0.156. The third kappa shape index (κ3) is 18.1. The summed E-state index contributed by atoms with van der Waals surface area (Å²) in [7, 11) is 0. The first-order valence-corrected chi connectivity index (χ1v) is 7.47. The number of esters is 2. The smallest absolute Gasteiger partial charge is 0.332 e. The molecule has 0 aliphatic carbocycles. The summed E-state index contributed by atoms with van der Waals surface area (Å²) in [5.74, 6) is -3.75. The van der Waals surface area contributed by atoms with Crippen molar-refractivity contribution in [1.82, 2.24) is 0 Å². The summed E-state index contributed by atoms with van der Waals surface area (Å²) in [4.78, 5) is 42.5. The van der Waals surface area contributed by atoms with E-state index in [-0.39, 0.29) is 39.6 Å². The molecule has 12 heteroatoms. The summed E-state index contributed by atoms with van der Waals surface area (Å²) in [5.41, 5.74) is 0. The molecule has 0 atom stereocenters. The Bertz CT molecular complexity index is 396. The normalized spacial score (nSPS) is 10.3. The molecule has 0 amide bonds.